The van der Waals surface area contributed by atoms with Gasteiger partial charge in [0, 0.05) is 24.3 Å². The Labute approximate surface area is 125 Å². The van der Waals surface area contributed by atoms with Crippen LogP contribution in [0, 0.1) is 0 Å². The van der Waals surface area contributed by atoms with Crippen molar-refractivity contribution >= 4 is 11.6 Å². The van der Waals surface area contributed by atoms with Gasteiger partial charge in [-0.2, -0.15) is 0 Å². The van der Waals surface area contributed by atoms with Gasteiger partial charge in [-0.1, -0.05) is 0 Å². The number of nitrogens with two attached hydrogens (primary N) is 1. The Morgan fingerprint density at radius 2 is 2.10 bits per heavy atom. The summed E-state index contributed by atoms with van der Waals surface area (Å²) in [5.41, 5.74) is 6.30. The molecule has 0 bridgehead atoms. The number of carbonyl (C=O) groups is 1. The maximum atomic E-state index is 12.0. The third kappa shape index (κ3) is 3.67. The molecule has 21 heavy (non-hydrogen) atoms. The third-order valence-corrected chi connectivity index (χ3v) is 4.44. The molecule has 3 N–H and O–H groups in total. The molecule has 0 radical (unpaired) electrons. The van der Waals surface area contributed by atoms with Crippen LogP contribution in [0.3, 0.4) is 0 Å². The zero-order valence-corrected chi connectivity index (χ0v) is 12.3. The van der Waals surface area contributed by atoms with Crippen molar-refractivity contribution in [1.82, 2.24) is 10.2 Å². The molecule has 2 saturated heterocycles. The second-order valence-corrected chi connectivity index (χ2v) is 5.98. The predicted molar refractivity (Wildman–Crippen MR) is 82.1 cm³/mol. The van der Waals surface area contributed by atoms with E-state index in [0.29, 0.717) is 23.5 Å². The molecule has 3 rings (SSSR count). The van der Waals surface area contributed by atoms with Crippen molar-refractivity contribution in [3.05, 3.63) is 24.3 Å². The van der Waals surface area contributed by atoms with Crippen molar-refractivity contribution in [2.45, 2.75) is 37.8 Å². The zero-order chi connectivity index (χ0) is 14.7. The van der Waals surface area contributed by atoms with Crippen molar-refractivity contribution in [1.29, 1.82) is 0 Å². The lowest BCUT2D eigenvalue weighted by atomic mass is 9.97. The highest BCUT2D eigenvalue weighted by atomic mass is 16.5. The minimum absolute atomic E-state index is 0.0386. The SMILES string of the molecule is Nc1ccc(OCC(=O)NC2CCN3CCCC3C2)cc1. The molecule has 1 aromatic carbocycles. The molecule has 2 atom stereocenters. The molecule has 0 saturated carbocycles. The number of carbonyl (C=O) groups excluding carboxylic acids is 1. The number of piperidine rings is 1. The summed E-state index contributed by atoms with van der Waals surface area (Å²) in [4.78, 5) is 14.5. The average Bonchev–Trinajstić information content (AvgIpc) is 2.94. The topological polar surface area (TPSA) is 67.6 Å². The predicted octanol–water partition coefficient (Wildman–Crippen LogP) is 1.39. The van der Waals surface area contributed by atoms with Crippen LogP contribution in [0.5, 0.6) is 5.75 Å². The lowest BCUT2D eigenvalue weighted by Crippen LogP contribution is -2.48. The molecule has 1 aromatic rings. The van der Waals surface area contributed by atoms with Crippen LogP contribution in [0.15, 0.2) is 24.3 Å². The summed E-state index contributed by atoms with van der Waals surface area (Å²) in [5.74, 6) is 0.633. The summed E-state index contributed by atoms with van der Waals surface area (Å²) in [7, 11) is 0. The van der Waals surface area contributed by atoms with Gasteiger partial charge in [-0.05, 0) is 56.5 Å². The van der Waals surface area contributed by atoms with E-state index >= 15 is 0 Å². The first-order chi connectivity index (χ1) is 10.2. The van der Waals surface area contributed by atoms with E-state index in [2.05, 4.69) is 10.2 Å². The average molecular weight is 289 g/mol. The molecule has 2 heterocycles. The number of hydrogen-bond acceptors (Lipinski definition) is 4. The van der Waals surface area contributed by atoms with Crippen molar-refractivity contribution in [2.24, 2.45) is 0 Å². The number of nitrogens with zero attached hydrogens (tertiary/aromatic N) is 1. The summed E-state index contributed by atoms with van der Waals surface area (Å²) in [6.45, 7) is 2.40. The van der Waals surface area contributed by atoms with E-state index in [9.17, 15) is 4.79 Å². The van der Waals surface area contributed by atoms with Gasteiger partial charge in [0.2, 0.25) is 0 Å². The summed E-state index contributed by atoms with van der Waals surface area (Å²) >= 11 is 0. The van der Waals surface area contributed by atoms with Crippen LogP contribution < -0.4 is 15.8 Å². The molecule has 5 heteroatoms. The van der Waals surface area contributed by atoms with Gasteiger partial charge < -0.3 is 20.7 Å². The van der Waals surface area contributed by atoms with Gasteiger partial charge in [0.15, 0.2) is 6.61 Å². The normalized spacial score (nSPS) is 25.3. The molecule has 5 nitrogen and oxygen atoms in total. The Morgan fingerprint density at radius 1 is 1.29 bits per heavy atom. The third-order valence-electron chi connectivity index (χ3n) is 4.44. The Hall–Kier alpha value is -1.75. The lowest BCUT2D eigenvalue weighted by Gasteiger charge is -2.35. The molecule has 2 aliphatic heterocycles. The Balaban J connectivity index is 1.43. The minimum Gasteiger partial charge on any atom is -0.484 e. The second kappa shape index (κ2) is 6.35. The van der Waals surface area contributed by atoms with Crippen LogP contribution in [0.2, 0.25) is 0 Å². The maximum Gasteiger partial charge on any atom is 0.258 e. The lowest BCUT2D eigenvalue weighted by molar-refractivity contribution is -0.124. The van der Waals surface area contributed by atoms with Gasteiger partial charge in [0.1, 0.15) is 5.75 Å². The van der Waals surface area contributed by atoms with Crippen molar-refractivity contribution in [2.75, 3.05) is 25.4 Å². The van der Waals surface area contributed by atoms with E-state index in [1.165, 1.54) is 19.4 Å². The highest BCUT2D eigenvalue weighted by molar-refractivity contribution is 5.77. The largest absolute Gasteiger partial charge is 0.484 e. The number of benzene rings is 1. The van der Waals surface area contributed by atoms with Crippen molar-refractivity contribution in [3.63, 3.8) is 0 Å². The highest BCUT2D eigenvalue weighted by Crippen LogP contribution is 2.26. The summed E-state index contributed by atoms with van der Waals surface area (Å²) < 4.78 is 5.47. The van der Waals surface area contributed by atoms with E-state index in [1.807, 2.05) is 0 Å². The Morgan fingerprint density at radius 3 is 2.90 bits per heavy atom. The Kier molecular flexibility index (Phi) is 4.29. The number of anilines is 1. The smallest absolute Gasteiger partial charge is 0.258 e. The molecule has 0 spiro atoms. The first-order valence-electron chi connectivity index (χ1n) is 7.72. The van der Waals surface area contributed by atoms with E-state index in [0.717, 1.165) is 19.4 Å². The van der Waals surface area contributed by atoms with Gasteiger partial charge in [-0.15, -0.1) is 0 Å². The van der Waals surface area contributed by atoms with Gasteiger partial charge in [0.25, 0.3) is 5.91 Å². The molecule has 0 aromatic heterocycles. The summed E-state index contributed by atoms with van der Waals surface area (Å²) in [6, 6.07) is 8.06. The number of fused-ring (bicyclic) bond motifs is 1. The zero-order valence-electron chi connectivity index (χ0n) is 12.3. The van der Waals surface area contributed by atoms with E-state index < -0.39 is 0 Å². The minimum atomic E-state index is -0.0386. The number of hydrogen-bond donors (Lipinski definition) is 2. The fourth-order valence-electron chi connectivity index (χ4n) is 3.34. The van der Waals surface area contributed by atoms with Crippen LogP contribution in [-0.2, 0) is 4.79 Å². The summed E-state index contributed by atoms with van der Waals surface area (Å²) in [6.07, 6.45) is 4.69. The fourth-order valence-corrected chi connectivity index (χ4v) is 3.34. The number of ether oxygens (including phenoxy) is 1. The van der Waals surface area contributed by atoms with E-state index in [4.69, 9.17) is 10.5 Å². The van der Waals surface area contributed by atoms with Crippen LogP contribution in [0.25, 0.3) is 0 Å². The van der Waals surface area contributed by atoms with E-state index in [1.54, 1.807) is 24.3 Å². The molecule has 2 fully saturated rings. The molecular weight excluding hydrogens is 266 g/mol. The second-order valence-electron chi connectivity index (χ2n) is 5.98. The molecule has 1 amide bonds. The Bertz CT molecular complexity index is 489. The first-order valence-corrected chi connectivity index (χ1v) is 7.72. The first kappa shape index (κ1) is 14.2. The molecule has 2 aliphatic rings. The molecule has 114 valence electrons. The molecule has 0 aliphatic carbocycles. The standard InChI is InChI=1S/C16H23N3O2/c17-12-3-5-15(6-4-12)21-11-16(20)18-13-7-9-19-8-1-2-14(19)10-13/h3-6,13-14H,1-2,7-11,17H2,(H,18,20). The van der Waals surface area contributed by atoms with Gasteiger partial charge in [-0.3, -0.25) is 4.79 Å². The van der Waals surface area contributed by atoms with Crippen LogP contribution >= 0.6 is 0 Å². The number of rotatable bonds is 4. The van der Waals surface area contributed by atoms with Gasteiger partial charge >= 0.3 is 0 Å². The van der Waals surface area contributed by atoms with Gasteiger partial charge in [0.05, 0.1) is 0 Å². The monoisotopic (exact) mass is 289 g/mol. The summed E-state index contributed by atoms with van der Waals surface area (Å²) in [5, 5.41) is 3.10. The maximum absolute atomic E-state index is 12.0. The van der Waals surface area contributed by atoms with E-state index in [-0.39, 0.29) is 12.5 Å². The van der Waals surface area contributed by atoms with Crippen LogP contribution in [0.4, 0.5) is 5.69 Å². The van der Waals surface area contributed by atoms with Crippen molar-refractivity contribution < 1.29 is 9.53 Å². The number of nitrogen functional groups attached to an aromatic ring is 1. The number of amides is 1. The van der Waals surface area contributed by atoms with Crippen LogP contribution in [0.1, 0.15) is 25.7 Å². The highest BCUT2D eigenvalue weighted by Gasteiger charge is 2.32. The quantitative estimate of drug-likeness (QED) is 0.822. The number of nitrogens with one attached hydrogen (secondary N) is 1. The fraction of sp³-hybridized carbons (Fsp3) is 0.562. The van der Waals surface area contributed by atoms with Crippen LogP contribution in [-0.4, -0.2) is 42.6 Å². The molecule has 2 unspecified atom stereocenters. The van der Waals surface area contributed by atoms with Gasteiger partial charge in [-0.25, -0.2) is 0 Å². The van der Waals surface area contributed by atoms with Crippen molar-refractivity contribution in [3.8, 4) is 5.75 Å². The molecular formula is C16H23N3O2.